The molecule has 0 spiro atoms. The van der Waals surface area contributed by atoms with Crippen LogP contribution in [0.2, 0.25) is 0 Å². The number of carbonyl (C=O) groups excluding carboxylic acids is 2. The molecule has 0 saturated carbocycles. The third-order valence-corrected chi connectivity index (χ3v) is 2.66. The van der Waals surface area contributed by atoms with Gasteiger partial charge in [0.1, 0.15) is 5.82 Å². The van der Waals surface area contributed by atoms with E-state index in [-0.39, 0.29) is 19.6 Å². The summed E-state index contributed by atoms with van der Waals surface area (Å²) in [6.07, 6.45) is 0. The minimum Gasteiger partial charge on any atom is -0.369 e. The molecular weight excluding hydrogens is 305 g/mol. The molecule has 98 valence electrons. The number of carbonyl (C=O) groups is 2. The van der Waals surface area contributed by atoms with E-state index in [2.05, 4.69) is 15.9 Å². The van der Waals surface area contributed by atoms with Gasteiger partial charge in [-0.25, -0.2) is 4.39 Å². The number of amides is 2. The number of primary amides is 2. The van der Waals surface area contributed by atoms with Crippen LogP contribution in [-0.4, -0.2) is 29.8 Å². The highest BCUT2D eigenvalue weighted by atomic mass is 79.9. The Hall–Kier alpha value is -1.47. The Bertz CT molecular complexity index is 452. The van der Waals surface area contributed by atoms with E-state index in [4.69, 9.17) is 11.5 Å². The van der Waals surface area contributed by atoms with Gasteiger partial charge in [-0.3, -0.25) is 14.5 Å². The smallest absolute Gasteiger partial charge is 0.231 e. The highest BCUT2D eigenvalue weighted by Gasteiger charge is 2.14. The van der Waals surface area contributed by atoms with Crippen LogP contribution in [0.4, 0.5) is 4.39 Å². The number of nitrogens with two attached hydrogens (primary N) is 2. The molecule has 0 radical (unpaired) electrons. The first-order valence-electron chi connectivity index (χ1n) is 5.11. The highest BCUT2D eigenvalue weighted by Crippen LogP contribution is 2.16. The first kappa shape index (κ1) is 14.6. The first-order valence-corrected chi connectivity index (χ1v) is 5.90. The lowest BCUT2D eigenvalue weighted by Crippen LogP contribution is -2.39. The summed E-state index contributed by atoms with van der Waals surface area (Å²) >= 11 is 3.14. The quantitative estimate of drug-likeness (QED) is 0.794. The van der Waals surface area contributed by atoms with Crippen LogP contribution >= 0.6 is 15.9 Å². The molecular formula is C11H13BrFN3O2. The molecule has 7 heteroatoms. The van der Waals surface area contributed by atoms with E-state index in [0.29, 0.717) is 10.0 Å². The number of hydrogen-bond donors (Lipinski definition) is 2. The van der Waals surface area contributed by atoms with Crippen molar-refractivity contribution in [3.63, 3.8) is 0 Å². The van der Waals surface area contributed by atoms with Crippen molar-refractivity contribution in [3.05, 3.63) is 34.1 Å². The summed E-state index contributed by atoms with van der Waals surface area (Å²) in [6, 6.07) is 4.54. The summed E-state index contributed by atoms with van der Waals surface area (Å²) in [4.78, 5) is 23.1. The zero-order valence-corrected chi connectivity index (χ0v) is 11.1. The van der Waals surface area contributed by atoms with Crippen molar-refractivity contribution in [3.8, 4) is 0 Å². The molecule has 0 unspecified atom stereocenters. The minimum absolute atomic E-state index is 0.0883. The Labute approximate surface area is 112 Å². The van der Waals surface area contributed by atoms with Gasteiger partial charge in [0.15, 0.2) is 0 Å². The van der Waals surface area contributed by atoms with Crippen LogP contribution in [0, 0.1) is 5.82 Å². The van der Waals surface area contributed by atoms with Crippen molar-refractivity contribution in [2.45, 2.75) is 6.54 Å². The van der Waals surface area contributed by atoms with Gasteiger partial charge < -0.3 is 11.5 Å². The topological polar surface area (TPSA) is 89.4 Å². The third kappa shape index (κ3) is 4.80. The molecule has 5 nitrogen and oxygen atoms in total. The van der Waals surface area contributed by atoms with Crippen LogP contribution in [0.5, 0.6) is 0 Å². The summed E-state index contributed by atoms with van der Waals surface area (Å²) in [7, 11) is 0. The van der Waals surface area contributed by atoms with Crippen molar-refractivity contribution >= 4 is 27.7 Å². The van der Waals surface area contributed by atoms with E-state index in [1.54, 1.807) is 12.1 Å². The van der Waals surface area contributed by atoms with Gasteiger partial charge in [-0.1, -0.05) is 22.0 Å². The normalized spacial score (nSPS) is 10.6. The Balaban J connectivity index is 2.81. The van der Waals surface area contributed by atoms with E-state index in [0.717, 1.165) is 0 Å². The predicted molar refractivity (Wildman–Crippen MR) is 67.8 cm³/mol. The van der Waals surface area contributed by atoms with E-state index in [1.807, 2.05) is 0 Å². The van der Waals surface area contributed by atoms with Gasteiger partial charge in [0.2, 0.25) is 11.8 Å². The molecule has 4 N–H and O–H groups in total. The van der Waals surface area contributed by atoms with Gasteiger partial charge >= 0.3 is 0 Å². The Morgan fingerprint density at radius 2 is 1.78 bits per heavy atom. The van der Waals surface area contributed by atoms with Gasteiger partial charge in [-0.15, -0.1) is 0 Å². The maximum Gasteiger partial charge on any atom is 0.231 e. The third-order valence-electron chi connectivity index (χ3n) is 2.17. The second kappa shape index (κ2) is 6.46. The molecule has 0 heterocycles. The van der Waals surface area contributed by atoms with Crippen LogP contribution in [0.15, 0.2) is 22.7 Å². The second-order valence-corrected chi connectivity index (χ2v) is 4.73. The van der Waals surface area contributed by atoms with Gasteiger partial charge in [-0.05, 0) is 12.1 Å². The largest absolute Gasteiger partial charge is 0.369 e. The molecule has 0 aromatic heterocycles. The second-order valence-electron chi connectivity index (χ2n) is 3.81. The van der Waals surface area contributed by atoms with Crippen LogP contribution in [0.25, 0.3) is 0 Å². The lowest BCUT2D eigenvalue weighted by Gasteiger charge is -2.19. The number of rotatable bonds is 6. The van der Waals surface area contributed by atoms with Crippen LogP contribution in [-0.2, 0) is 16.1 Å². The van der Waals surface area contributed by atoms with E-state index in [1.165, 1.54) is 11.0 Å². The van der Waals surface area contributed by atoms with E-state index in [9.17, 15) is 14.0 Å². The van der Waals surface area contributed by atoms with Crippen molar-refractivity contribution in [2.75, 3.05) is 13.1 Å². The fourth-order valence-corrected chi connectivity index (χ4v) is 1.83. The van der Waals surface area contributed by atoms with Gasteiger partial charge in [0.05, 0.1) is 13.1 Å². The van der Waals surface area contributed by atoms with Crippen molar-refractivity contribution in [1.29, 1.82) is 0 Å². The molecule has 2 amide bonds. The van der Waals surface area contributed by atoms with Crippen LogP contribution in [0.3, 0.4) is 0 Å². The molecule has 1 aromatic rings. The molecule has 0 atom stereocenters. The number of nitrogens with zero attached hydrogens (tertiary/aromatic N) is 1. The van der Waals surface area contributed by atoms with Crippen LogP contribution < -0.4 is 11.5 Å². The molecule has 0 bridgehead atoms. The average molecular weight is 318 g/mol. The van der Waals surface area contributed by atoms with Crippen molar-refractivity contribution < 1.29 is 14.0 Å². The molecule has 0 aliphatic carbocycles. The minimum atomic E-state index is -0.603. The van der Waals surface area contributed by atoms with Gasteiger partial charge in [0, 0.05) is 16.6 Å². The number of halogens is 2. The standard InChI is InChI=1S/C11H13BrFN3O2/c12-8-2-1-7(9(13)3-8)4-16(5-10(14)17)6-11(15)18/h1-3H,4-6H2,(H2,14,17)(H2,15,18). The monoisotopic (exact) mass is 317 g/mol. The van der Waals surface area contributed by atoms with E-state index >= 15 is 0 Å². The Kier molecular flexibility index (Phi) is 5.24. The maximum absolute atomic E-state index is 13.6. The molecule has 18 heavy (non-hydrogen) atoms. The summed E-state index contributed by atoms with van der Waals surface area (Å²) in [6.45, 7) is -0.220. The summed E-state index contributed by atoms with van der Waals surface area (Å²) in [5.74, 6) is -1.63. The van der Waals surface area contributed by atoms with Crippen LogP contribution in [0.1, 0.15) is 5.56 Å². The molecule has 0 aliphatic heterocycles. The lowest BCUT2D eigenvalue weighted by atomic mass is 10.2. The number of benzene rings is 1. The fourth-order valence-electron chi connectivity index (χ4n) is 1.50. The molecule has 0 saturated heterocycles. The predicted octanol–water partition coefficient (Wildman–Crippen LogP) is 0.361. The Morgan fingerprint density at radius 3 is 2.22 bits per heavy atom. The summed E-state index contributed by atoms with van der Waals surface area (Å²) < 4.78 is 14.2. The molecule has 1 aromatic carbocycles. The number of hydrogen-bond acceptors (Lipinski definition) is 3. The molecule has 1 rings (SSSR count). The van der Waals surface area contributed by atoms with Gasteiger partial charge in [-0.2, -0.15) is 0 Å². The summed E-state index contributed by atoms with van der Waals surface area (Å²) in [5.41, 5.74) is 10.5. The maximum atomic E-state index is 13.6. The first-order chi connectivity index (χ1) is 8.38. The Morgan fingerprint density at radius 1 is 1.22 bits per heavy atom. The zero-order valence-electron chi connectivity index (χ0n) is 9.53. The van der Waals surface area contributed by atoms with Gasteiger partial charge in [0.25, 0.3) is 0 Å². The van der Waals surface area contributed by atoms with Crippen molar-refractivity contribution in [2.24, 2.45) is 11.5 Å². The SMILES string of the molecule is NC(=O)CN(CC(N)=O)Cc1ccc(Br)cc1F. The highest BCUT2D eigenvalue weighted by molar-refractivity contribution is 9.10. The van der Waals surface area contributed by atoms with Crippen molar-refractivity contribution in [1.82, 2.24) is 4.90 Å². The molecule has 0 aliphatic rings. The fraction of sp³-hybridized carbons (Fsp3) is 0.273. The zero-order chi connectivity index (χ0) is 13.7. The molecule has 0 fully saturated rings. The van der Waals surface area contributed by atoms with E-state index < -0.39 is 17.6 Å². The lowest BCUT2D eigenvalue weighted by molar-refractivity contribution is -0.122. The average Bonchev–Trinajstić information content (AvgIpc) is 2.20. The summed E-state index contributed by atoms with van der Waals surface area (Å²) in [5, 5.41) is 0.